The SMILES string of the molecule is CS(=O)(=O)N1CCN(C(=O)[C@H]2C[C@@H](N3CCCCC3=O)CN(S(=O)(=O)c3cc(CN)ccn3)C2)CC1. The van der Waals surface area contributed by atoms with Gasteiger partial charge in [-0.2, -0.15) is 8.61 Å². The van der Waals surface area contributed by atoms with Crippen LogP contribution in [0, 0.1) is 5.92 Å². The van der Waals surface area contributed by atoms with Gasteiger partial charge in [0.2, 0.25) is 21.8 Å². The number of carbonyl (C=O) groups is 2. The Hall–Kier alpha value is -2.13. The van der Waals surface area contributed by atoms with Crippen LogP contribution in [0.4, 0.5) is 0 Å². The number of nitrogens with two attached hydrogens (primary N) is 1. The minimum atomic E-state index is -4.04. The summed E-state index contributed by atoms with van der Waals surface area (Å²) < 4.78 is 53.5. The highest BCUT2D eigenvalue weighted by atomic mass is 32.2. The highest BCUT2D eigenvalue weighted by molar-refractivity contribution is 7.89. The number of pyridine rings is 1. The van der Waals surface area contributed by atoms with Crippen molar-refractivity contribution in [1.29, 1.82) is 0 Å². The lowest BCUT2D eigenvalue weighted by atomic mass is 9.92. The molecular formula is C22H34N6O6S2. The first kappa shape index (κ1) is 26.9. The number of carbonyl (C=O) groups excluding carboxylic acids is 2. The molecule has 0 radical (unpaired) electrons. The number of amides is 2. The zero-order valence-corrected chi connectivity index (χ0v) is 22.1. The molecule has 0 aliphatic carbocycles. The van der Waals surface area contributed by atoms with E-state index in [1.54, 1.807) is 15.9 Å². The summed E-state index contributed by atoms with van der Waals surface area (Å²) in [6, 6.07) is 2.66. The fraction of sp³-hybridized carbons (Fsp3) is 0.682. The van der Waals surface area contributed by atoms with Crippen LogP contribution in [0.1, 0.15) is 31.2 Å². The highest BCUT2D eigenvalue weighted by Gasteiger charge is 2.43. The zero-order valence-electron chi connectivity index (χ0n) is 20.5. The van der Waals surface area contributed by atoms with Crippen LogP contribution in [0.5, 0.6) is 0 Å². The summed E-state index contributed by atoms with van der Waals surface area (Å²) in [5.41, 5.74) is 6.31. The van der Waals surface area contributed by atoms with Crippen molar-refractivity contribution in [3.05, 3.63) is 23.9 Å². The third kappa shape index (κ3) is 5.72. The van der Waals surface area contributed by atoms with E-state index < -0.39 is 32.0 Å². The van der Waals surface area contributed by atoms with Crippen LogP contribution in [0.15, 0.2) is 23.4 Å². The van der Waals surface area contributed by atoms with E-state index in [0.717, 1.165) is 19.1 Å². The van der Waals surface area contributed by atoms with Crippen molar-refractivity contribution in [2.45, 2.75) is 43.3 Å². The number of sulfonamides is 2. The number of piperidine rings is 2. The van der Waals surface area contributed by atoms with Crippen LogP contribution in [-0.4, -0.2) is 110 Å². The molecule has 3 aliphatic heterocycles. The molecule has 3 fully saturated rings. The lowest BCUT2D eigenvalue weighted by molar-refractivity contribution is -0.143. The fourth-order valence-electron chi connectivity index (χ4n) is 5.20. The van der Waals surface area contributed by atoms with E-state index in [9.17, 15) is 26.4 Å². The normalized spacial score (nSPS) is 25.2. The van der Waals surface area contributed by atoms with Crippen LogP contribution in [0.2, 0.25) is 0 Å². The standard InChI is InChI=1S/C22H34N6O6S2/c1-35(31,32)26-10-8-25(9-11-26)22(30)18-13-19(28-7-3-2-4-21(28)29)16-27(15-18)36(33,34)20-12-17(14-23)5-6-24-20/h5-6,12,18-19H,2-4,7-11,13-16,23H2,1H3/t18-,19+/m0/s1. The topological polar surface area (TPSA) is 154 Å². The average Bonchev–Trinajstić information content (AvgIpc) is 2.88. The Morgan fingerprint density at radius 3 is 2.42 bits per heavy atom. The monoisotopic (exact) mass is 542 g/mol. The maximum absolute atomic E-state index is 13.6. The molecule has 14 heteroatoms. The maximum Gasteiger partial charge on any atom is 0.260 e. The predicted molar refractivity (Wildman–Crippen MR) is 131 cm³/mol. The molecule has 12 nitrogen and oxygen atoms in total. The van der Waals surface area contributed by atoms with E-state index in [-0.39, 0.29) is 62.7 Å². The smallest absolute Gasteiger partial charge is 0.260 e. The molecule has 4 rings (SSSR count). The summed E-state index contributed by atoms with van der Waals surface area (Å²) in [5, 5.41) is -0.135. The molecule has 4 heterocycles. The van der Waals surface area contributed by atoms with Gasteiger partial charge in [-0.3, -0.25) is 9.59 Å². The van der Waals surface area contributed by atoms with Gasteiger partial charge in [0.05, 0.1) is 12.2 Å². The zero-order chi connectivity index (χ0) is 26.1. The number of rotatable bonds is 6. The van der Waals surface area contributed by atoms with Gasteiger partial charge in [0.1, 0.15) is 0 Å². The molecule has 2 atom stereocenters. The summed E-state index contributed by atoms with van der Waals surface area (Å²) in [6.07, 6.45) is 4.94. The first-order valence-electron chi connectivity index (χ1n) is 12.2. The Morgan fingerprint density at radius 1 is 1.06 bits per heavy atom. The molecule has 1 aromatic rings. The van der Waals surface area contributed by atoms with Gasteiger partial charge in [-0.25, -0.2) is 21.8 Å². The summed E-state index contributed by atoms with van der Waals surface area (Å²) >= 11 is 0. The van der Waals surface area contributed by atoms with Crippen LogP contribution >= 0.6 is 0 Å². The molecule has 2 amide bonds. The van der Waals surface area contributed by atoms with Crippen molar-refractivity contribution in [1.82, 2.24) is 23.4 Å². The van der Waals surface area contributed by atoms with Crippen molar-refractivity contribution < 1.29 is 26.4 Å². The number of piperazine rings is 1. The van der Waals surface area contributed by atoms with Gasteiger partial charge in [0.25, 0.3) is 10.0 Å². The third-order valence-electron chi connectivity index (χ3n) is 7.20. The second-order valence-electron chi connectivity index (χ2n) is 9.65. The van der Waals surface area contributed by atoms with Gasteiger partial charge in [0.15, 0.2) is 5.03 Å². The Morgan fingerprint density at radius 2 is 1.78 bits per heavy atom. The van der Waals surface area contributed by atoms with E-state index in [2.05, 4.69) is 4.98 Å². The van der Waals surface area contributed by atoms with Crippen molar-refractivity contribution in [3.8, 4) is 0 Å². The molecule has 200 valence electrons. The Kier molecular flexibility index (Phi) is 8.00. The van der Waals surface area contributed by atoms with Gasteiger partial charge in [0, 0.05) is 71.0 Å². The third-order valence-corrected chi connectivity index (χ3v) is 10.2. The molecule has 3 saturated heterocycles. The first-order valence-corrected chi connectivity index (χ1v) is 15.5. The fourth-order valence-corrected chi connectivity index (χ4v) is 7.53. The molecule has 0 saturated carbocycles. The van der Waals surface area contributed by atoms with E-state index in [1.807, 2.05) is 0 Å². The number of nitrogens with zero attached hydrogens (tertiary/aromatic N) is 5. The summed E-state index contributed by atoms with van der Waals surface area (Å²) in [5.74, 6) is -0.904. The second kappa shape index (κ2) is 10.7. The number of hydrogen-bond acceptors (Lipinski definition) is 8. The van der Waals surface area contributed by atoms with Crippen LogP contribution < -0.4 is 5.73 Å². The Labute approximate surface area is 212 Å². The molecule has 3 aliphatic rings. The largest absolute Gasteiger partial charge is 0.340 e. The minimum absolute atomic E-state index is 0.0262. The van der Waals surface area contributed by atoms with Crippen LogP contribution in [0.3, 0.4) is 0 Å². The highest BCUT2D eigenvalue weighted by Crippen LogP contribution is 2.29. The molecule has 0 spiro atoms. The van der Waals surface area contributed by atoms with Gasteiger partial charge in [-0.15, -0.1) is 0 Å². The quantitative estimate of drug-likeness (QED) is 0.482. The van der Waals surface area contributed by atoms with Crippen molar-refractivity contribution in [2.75, 3.05) is 52.1 Å². The van der Waals surface area contributed by atoms with Crippen LogP contribution in [-0.2, 0) is 36.2 Å². The molecular weight excluding hydrogens is 508 g/mol. The van der Waals surface area contributed by atoms with E-state index in [0.29, 0.717) is 24.9 Å². The Balaban J connectivity index is 1.58. The van der Waals surface area contributed by atoms with Gasteiger partial charge >= 0.3 is 0 Å². The molecule has 36 heavy (non-hydrogen) atoms. The molecule has 2 N–H and O–H groups in total. The van der Waals surface area contributed by atoms with E-state index in [1.165, 1.54) is 20.9 Å². The number of likely N-dealkylation sites (tertiary alicyclic amines) is 1. The van der Waals surface area contributed by atoms with Crippen molar-refractivity contribution in [2.24, 2.45) is 11.7 Å². The lowest BCUT2D eigenvalue weighted by Gasteiger charge is -2.44. The van der Waals surface area contributed by atoms with Gasteiger partial charge in [-0.1, -0.05) is 0 Å². The maximum atomic E-state index is 13.6. The molecule has 0 bridgehead atoms. The summed E-state index contributed by atoms with van der Waals surface area (Å²) in [6.45, 7) is 1.63. The molecule has 1 aromatic heterocycles. The van der Waals surface area contributed by atoms with Crippen molar-refractivity contribution in [3.63, 3.8) is 0 Å². The van der Waals surface area contributed by atoms with E-state index >= 15 is 0 Å². The predicted octanol–water partition coefficient (Wildman–Crippen LogP) is -0.964. The average molecular weight is 543 g/mol. The molecule has 0 aromatic carbocycles. The summed E-state index contributed by atoms with van der Waals surface area (Å²) in [4.78, 5) is 33.6. The second-order valence-corrected chi connectivity index (χ2v) is 13.5. The lowest BCUT2D eigenvalue weighted by Crippen LogP contribution is -2.59. The Bertz CT molecular complexity index is 1200. The number of hydrogen-bond donors (Lipinski definition) is 1. The van der Waals surface area contributed by atoms with Gasteiger partial charge in [-0.05, 0) is 37.0 Å². The van der Waals surface area contributed by atoms with Crippen LogP contribution in [0.25, 0.3) is 0 Å². The minimum Gasteiger partial charge on any atom is -0.340 e. The summed E-state index contributed by atoms with van der Waals surface area (Å²) in [7, 11) is -7.38. The molecule has 0 unspecified atom stereocenters. The van der Waals surface area contributed by atoms with Gasteiger partial charge < -0.3 is 15.5 Å². The van der Waals surface area contributed by atoms with Crippen molar-refractivity contribution >= 4 is 31.9 Å². The first-order chi connectivity index (χ1) is 17.0. The van der Waals surface area contributed by atoms with E-state index in [4.69, 9.17) is 5.73 Å². The number of aromatic nitrogens is 1.